The van der Waals surface area contributed by atoms with Crippen LogP contribution in [0, 0.1) is 11.3 Å². The molecule has 0 aromatic carbocycles. The van der Waals surface area contributed by atoms with E-state index in [1.807, 2.05) is 6.07 Å². The predicted molar refractivity (Wildman–Crippen MR) is 56.1 cm³/mol. The molecule has 0 N–H and O–H groups in total. The van der Waals surface area contributed by atoms with Crippen molar-refractivity contribution >= 4 is 23.2 Å². The standard InChI is InChI=1S/C9H4Cl2N4/c10-6-3-7(11)9(14-5-6)15-2-1-13-8(15)4-12/h1-3,5H. The van der Waals surface area contributed by atoms with Crippen molar-refractivity contribution in [1.82, 2.24) is 14.5 Å². The minimum atomic E-state index is 0.228. The number of pyridine rings is 1. The van der Waals surface area contributed by atoms with Crippen molar-refractivity contribution in [2.75, 3.05) is 0 Å². The van der Waals surface area contributed by atoms with Crippen LogP contribution in [0.3, 0.4) is 0 Å². The van der Waals surface area contributed by atoms with E-state index in [4.69, 9.17) is 28.5 Å². The normalized spacial score (nSPS) is 9.93. The SMILES string of the molecule is N#Cc1nccn1-c1ncc(Cl)cc1Cl. The molecule has 0 aliphatic heterocycles. The summed E-state index contributed by atoms with van der Waals surface area (Å²) in [6.45, 7) is 0. The Hall–Kier alpha value is -1.57. The Labute approximate surface area is 95.7 Å². The molecule has 6 heteroatoms. The van der Waals surface area contributed by atoms with Gasteiger partial charge in [0.2, 0.25) is 5.82 Å². The summed E-state index contributed by atoms with van der Waals surface area (Å²) in [5.74, 6) is 0.668. The molecule has 0 amide bonds. The van der Waals surface area contributed by atoms with Gasteiger partial charge in [-0.3, -0.25) is 4.57 Å². The maximum Gasteiger partial charge on any atom is 0.218 e. The molecule has 0 aliphatic carbocycles. The van der Waals surface area contributed by atoms with Crippen LogP contribution in [0.25, 0.3) is 5.82 Å². The fourth-order valence-electron chi connectivity index (χ4n) is 1.14. The first-order chi connectivity index (χ1) is 7.22. The van der Waals surface area contributed by atoms with Crippen molar-refractivity contribution < 1.29 is 0 Å². The Morgan fingerprint density at radius 2 is 2.13 bits per heavy atom. The van der Waals surface area contributed by atoms with Gasteiger partial charge in [-0.1, -0.05) is 23.2 Å². The van der Waals surface area contributed by atoms with Crippen LogP contribution in [-0.4, -0.2) is 14.5 Å². The van der Waals surface area contributed by atoms with Gasteiger partial charge >= 0.3 is 0 Å². The smallest absolute Gasteiger partial charge is 0.218 e. The number of rotatable bonds is 1. The number of nitrogens with zero attached hydrogens (tertiary/aromatic N) is 4. The van der Waals surface area contributed by atoms with Crippen LogP contribution in [0.5, 0.6) is 0 Å². The van der Waals surface area contributed by atoms with E-state index in [1.54, 1.807) is 12.3 Å². The molecule has 0 atom stereocenters. The summed E-state index contributed by atoms with van der Waals surface area (Å²) < 4.78 is 1.50. The van der Waals surface area contributed by atoms with Gasteiger partial charge in [-0.25, -0.2) is 9.97 Å². The fourth-order valence-corrected chi connectivity index (χ4v) is 1.61. The third-order valence-corrected chi connectivity index (χ3v) is 2.24. The lowest BCUT2D eigenvalue weighted by molar-refractivity contribution is 0.968. The molecule has 0 saturated carbocycles. The lowest BCUT2D eigenvalue weighted by Crippen LogP contribution is -2.00. The van der Waals surface area contributed by atoms with Gasteiger partial charge in [0.25, 0.3) is 0 Å². The summed E-state index contributed by atoms with van der Waals surface area (Å²) in [6, 6.07) is 3.50. The number of aromatic nitrogens is 3. The van der Waals surface area contributed by atoms with E-state index in [1.165, 1.54) is 17.0 Å². The van der Waals surface area contributed by atoms with E-state index in [9.17, 15) is 0 Å². The topological polar surface area (TPSA) is 54.5 Å². The van der Waals surface area contributed by atoms with E-state index >= 15 is 0 Å². The quantitative estimate of drug-likeness (QED) is 0.767. The Balaban J connectivity index is 2.60. The Kier molecular flexibility index (Phi) is 2.58. The van der Waals surface area contributed by atoms with Gasteiger partial charge in [-0.15, -0.1) is 0 Å². The molecule has 2 aromatic heterocycles. The summed E-state index contributed by atoms with van der Waals surface area (Å²) in [4.78, 5) is 7.88. The maximum absolute atomic E-state index is 8.78. The molecule has 15 heavy (non-hydrogen) atoms. The first kappa shape index (κ1) is 9.97. The molecule has 2 aromatic rings. The minimum Gasteiger partial charge on any atom is -0.274 e. The molecule has 0 spiro atoms. The number of hydrogen-bond donors (Lipinski definition) is 0. The molecule has 0 bridgehead atoms. The fraction of sp³-hybridized carbons (Fsp3) is 0. The van der Waals surface area contributed by atoms with Crippen molar-refractivity contribution in [3.63, 3.8) is 0 Å². The molecule has 0 unspecified atom stereocenters. The Bertz CT molecular complexity index is 541. The highest BCUT2D eigenvalue weighted by atomic mass is 35.5. The van der Waals surface area contributed by atoms with Crippen molar-refractivity contribution in [2.24, 2.45) is 0 Å². The zero-order valence-electron chi connectivity index (χ0n) is 7.35. The summed E-state index contributed by atoms with van der Waals surface area (Å²) >= 11 is 11.7. The Morgan fingerprint density at radius 1 is 1.33 bits per heavy atom. The summed E-state index contributed by atoms with van der Waals surface area (Å²) in [5, 5.41) is 9.60. The van der Waals surface area contributed by atoms with Crippen molar-refractivity contribution in [2.45, 2.75) is 0 Å². The third kappa shape index (κ3) is 1.80. The summed E-state index contributed by atoms with van der Waals surface area (Å²) in [5.41, 5.74) is 0. The van der Waals surface area contributed by atoms with Crippen molar-refractivity contribution in [1.29, 1.82) is 5.26 Å². The molecule has 0 radical (unpaired) electrons. The minimum absolute atomic E-state index is 0.228. The highest BCUT2D eigenvalue weighted by molar-refractivity contribution is 6.35. The summed E-state index contributed by atoms with van der Waals surface area (Å²) in [6.07, 6.45) is 4.58. The van der Waals surface area contributed by atoms with Gasteiger partial charge in [0, 0.05) is 18.6 Å². The Morgan fingerprint density at radius 3 is 2.80 bits per heavy atom. The molecular weight excluding hydrogens is 235 g/mol. The average Bonchev–Trinajstić information content (AvgIpc) is 2.65. The van der Waals surface area contributed by atoms with Gasteiger partial charge in [-0.05, 0) is 6.07 Å². The predicted octanol–water partition coefficient (Wildman–Crippen LogP) is 2.45. The van der Waals surface area contributed by atoms with E-state index in [2.05, 4.69) is 9.97 Å². The van der Waals surface area contributed by atoms with E-state index in [-0.39, 0.29) is 5.82 Å². The average molecular weight is 239 g/mol. The molecule has 2 rings (SSSR count). The van der Waals surface area contributed by atoms with Gasteiger partial charge in [0.05, 0.1) is 10.0 Å². The second-order valence-electron chi connectivity index (χ2n) is 2.69. The van der Waals surface area contributed by atoms with Crippen LogP contribution in [0.1, 0.15) is 5.82 Å². The number of imidazole rings is 1. The van der Waals surface area contributed by atoms with Crippen LogP contribution in [0.4, 0.5) is 0 Å². The molecule has 0 saturated heterocycles. The number of hydrogen-bond acceptors (Lipinski definition) is 3. The van der Waals surface area contributed by atoms with Crippen LogP contribution in [0.2, 0.25) is 10.0 Å². The second kappa shape index (κ2) is 3.89. The van der Waals surface area contributed by atoms with Crippen LogP contribution in [-0.2, 0) is 0 Å². The second-order valence-corrected chi connectivity index (χ2v) is 3.54. The largest absolute Gasteiger partial charge is 0.274 e. The lowest BCUT2D eigenvalue weighted by Gasteiger charge is -2.04. The van der Waals surface area contributed by atoms with Crippen LogP contribution >= 0.6 is 23.2 Å². The summed E-state index contributed by atoms with van der Waals surface area (Å²) in [7, 11) is 0. The molecular formula is C9H4Cl2N4. The van der Waals surface area contributed by atoms with E-state index in [0.29, 0.717) is 15.9 Å². The lowest BCUT2D eigenvalue weighted by atomic mass is 10.4. The zero-order chi connectivity index (χ0) is 10.8. The number of nitriles is 1. The molecule has 0 aliphatic rings. The monoisotopic (exact) mass is 238 g/mol. The maximum atomic E-state index is 8.78. The first-order valence-corrected chi connectivity index (χ1v) is 4.73. The van der Waals surface area contributed by atoms with Gasteiger partial charge in [0.1, 0.15) is 6.07 Å². The van der Waals surface area contributed by atoms with Crippen molar-refractivity contribution in [3.8, 4) is 11.9 Å². The zero-order valence-corrected chi connectivity index (χ0v) is 8.87. The van der Waals surface area contributed by atoms with E-state index < -0.39 is 0 Å². The third-order valence-electron chi connectivity index (χ3n) is 1.76. The van der Waals surface area contributed by atoms with Gasteiger partial charge < -0.3 is 0 Å². The van der Waals surface area contributed by atoms with Crippen LogP contribution in [0.15, 0.2) is 24.7 Å². The molecule has 0 fully saturated rings. The number of halogens is 2. The van der Waals surface area contributed by atoms with Crippen LogP contribution < -0.4 is 0 Å². The van der Waals surface area contributed by atoms with E-state index in [0.717, 1.165) is 0 Å². The van der Waals surface area contributed by atoms with Crippen molar-refractivity contribution in [3.05, 3.63) is 40.5 Å². The van der Waals surface area contributed by atoms with Gasteiger partial charge in [0.15, 0.2) is 5.82 Å². The highest BCUT2D eigenvalue weighted by Crippen LogP contribution is 2.22. The molecule has 74 valence electrons. The highest BCUT2D eigenvalue weighted by Gasteiger charge is 2.09. The first-order valence-electron chi connectivity index (χ1n) is 3.97. The molecule has 4 nitrogen and oxygen atoms in total. The van der Waals surface area contributed by atoms with Gasteiger partial charge in [-0.2, -0.15) is 5.26 Å². The molecule has 2 heterocycles.